The Kier molecular flexibility index (Phi) is 3.84. The number of thiocarbonyl (C=S) groups is 1. The average molecular weight is 308 g/mol. The van der Waals surface area contributed by atoms with Crippen LogP contribution in [0.4, 0.5) is 5.95 Å². The van der Waals surface area contributed by atoms with E-state index in [-0.39, 0.29) is 0 Å². The fraction of sp³-hybridized carbons (Fsp3) is 0.308. The van der Waals surface area contributed by atoms with E-state index in [1.165, 1.54) is 12.8 Å². The highest BCUT2D eigenvalue weighted by atomic mass is 35.5. The van der Waals surface area contributed by atoms with Crippen LogP contribution in [0.2, 0.25) is 5.02 Å². The summed E-state index contributed by atoms with van der Waals surface area (Å²) < 4.78 is 1.74. The normalized spacial score (nSPS) is 14.1. The Morgan fingerprint density at radius 2 is 2.30 bits per heavy atom. The summed E-state index contributed by atoms with van der Waals surface area (Å²) in [7, 11) is 0. The minimum atomic E-state index is 0.505. The molecule has 1 aromatic heterocycles. The van der Waals surface area contributed by atoms with Crippen LogP contribution in [0.25, 0.3) is 0 Å². The minimum absolute atomic E-state index is 0.505. The van der Waals surface area contributed by atoms with Crippen molar-refractivity contribution in [2.24, 2.45) is 0 Å². The molecule has 1 aliphatic carbocycles. The quantitative estimate of drug-likeness (QED) is 0.850. The van der Waals surface area contributed by atoms with Crippen molar-refractivity contribution in [1.29, 1.82) is 0 Å². The average Bonchev–Trinajstić information content (AvgIpc) is 3.09. The van der Waals surface area contributed by atoms with Crippen molar-refractivity contribution < 1.29 is 0 Å². The molecular weight excluding hydrogens is 294 g/mol. The lowest BCUT2D eigenvalue weighted by Gasteiger charge is -2.05. The Bertz CT molecular complexity index is 623. The maximum absolute atomic E-state index is 5.96. The first-order valence-electron chi connectivity index (χ1n) is 6.40. The molecule has 104 valence electrons. The third-order valence-corrected chi connectivity index (χ3v) is 3.36. The summed E-state index contributed by atoms with van der Waals surface area (Å²) in [6.07, 6.45) is 4.03. The van der Waals surface area contributed by atoms with Crippen molar-refractivity contribution in [3.05, 3.63) is 41.2 Å². The number of nitrogens with zero attached hydrogens (tertiary/aromatic N) is 3. The van der Waals surface area contributed by atoms with Gasteiger partial charge in [0.2, 0.25) is 5.95 Å². The Morgan fingerprint density at radius 1 is 1.45 bits per heavy atom. The van der Waals surface area contributed by atoms with Crippen molar-refractivity contribution in [2.75, 3.05) is 5.32 Å². The van der Waals surface area contributed by atoms with Crippen molar-refractivity contribution in [3.63, 3.8) is 0 Å². The van der Waals surface area contributed by atoms with Crippen LogP contribution in [0.5, 0.6) is 0 Å². The van der Waals surface area contributed by atoms with E-state index in [0.29, 0.717) is 23.6 Å². The first-order chi connectivity index (χ1) is 9.69. The Balaban J connectivity index is 1.59. The summed E-state index contributed by atoms with van der Waals surface area (Å²) in [6.45, 7) is 0.623. The van der Waals surface area contributed by atoms with Gasteiger partial charge in [-0.25, -0.2) is 9.67 Å². The number of benzene rings is 1. The molecule has 0 radical (unpaired) electrons. The monoisotopic (exact) mass is 307 g/mol. The lowest BCUT2D eigenvalue weighted by atomic mass is 10.2. The molecule has 5 nitrogen and oxygen atoms in total. The zero-order valence-corrected chi connectivity index (χ0v) is 12.3. The SMILES string of the molecule is S=C(Nc1ncn(Cc2cccc(Cl)c2)n1)NC1CC1. The predicted molar refractivity (Wildman–Crippen MR) is 83.0 cm³/mol. The molecule has 0 aliphatic heterocycles. The number of rotatable bonds is 4. The highest BCUT2D eigenvalue weighted by molar-refractivity contribution is 7.80. The lowest BCUT2D eigenvalue weighted by Crippen LogP contribution is -2.30. The van der Waals surface area contributed by atoms with Gasteiger partial charge in [-0.2, -0.15) is 0 Å². The molecule has 0 atom stereocenters. The number of hydrogen-bond acceptors (Lipinski definition) is 3. The zero-order valence-electron chi connectivity index (χ0n) is 10.7. The summed E-state index contributed by atoms with van der Waals surface area (Å²) in [4.78, 5) is 4.18. The highest BCUT2D eigenvalue weighted by Crippen LogP contribution is 2.18. The topological polar surface area (TPSA) is 54.8 Å². The van der Waals surface area contributed by atoms with Gasteiger partial charge in [-0.05, 0) is 42.8 Å². The smallest absolute Gasteiger partial charge is 0.248 e. The van der Waals surface area contributed by atoms with Gasteiger partial charge in [0.25, 0.3) is 0 Å². The predicted octanol–water partition coefficient (Wildman–Crippen LogP) is 2.43. The van der Waals surface area contributed by atoms with Crippen molar-refractivity contribution in [2.45, 2.75) is 25.4 Å². The number of hydrogen-bond donors (Lipinski definition) is 2. The van der Waals surface area contributed by atoms with Crippen LogP contribution in [0, 0.1) is 0 Å². The van der Waals surface area contributed by atoms with Gasteiger partial charge >= 0.3 is 0 Å². The molecule has 1 aromatic carbocycles. The maximum atomic E-state index is 5.96. The Morgan fingerprint density at radius 3 is 3.05 bits per heavy atom. The summed E-state index contributed by atoms with van der Waals surface area (Å²) in [5.74, 6) is 0.505. The third kappa shape index (κ3) is 3.68. The maximum Gasteiger partial charge on any atom is 0.248 e. The van der Waals surface area contributed by atoms with Gasteiger partial charge in [0.15, 0.2) is 5.11 Å². The van der Waals surface area contributed by atoms with E-state index in [4.69, 9.17) is 23.8 Å². The molecule has 0 bridgehead atoms. The second-order valence-electron chi connectivity index (χ2n) is 4.77. The van der Waals surface area contributed by atoms with Crippen LogP contribution in [-0.4, -0.2) is 25.9 Å². The highest BCUT2D eigenvalue weighted by Gasteiger charge is 2.22. The molecule has 0 unspecified atom stereocenters. The van der Waals surface area contributed by atoms with Crippen molar-refractivity contribution in [1.82, 2.24) is 20.1 Å². The van der Waals surface area contributed by atoms with Gasteiger partial charge in [-0.3, -0.25) is 5.32 Å². The number of aromatic nitrogens is 3. The van der Waals surface area contributed by atoms with Crippen LogP contribution in [0.1, 0.15) is 18.4 Å². The molecule has 7 heteroatoms. The fourth-order valence-corrected chi connectivity index (χ4v) is 2.27. The molecule has 1 aliphatic rings. The van der Waals surface area contributed by atoms with Crippen LogP contribution >= 0.6 is 23.8 Å². The van der Waals surface area contributed by atoms with Crippen LogP contribution < -0.4 is 10.6 Å². The van der Waals surface area contributed by atoms with E-state index in [9.17, 15) is 0 Å². The van der Waals surface area contributed by atoms with E-state index in [1.807, 2.05) is 24.3 Å². The standard InChI is InChI=1S/C13H14ClN5S/c14-10-3-1-2-9(6-10)7-19-8-15-12(18-19)17-13(20)16-11-4-5-11/h1-3,6,8,11H,4-5,7H2,(H2,16,17,18,20). The van der Waals surface area contributed by atoms with Gasteiger partial charge in [0.05, 0.1) is 6.54 Å². The molecule has 2 N–H and O–H groups in total. The van der Waals surface area contributed by atoms with Crippen LogP contribution in [-0.2, 0) is 6.54 Å². The third-order valence-electron chi connectivity index (χ3n) is 2.91. The molecule has 0 saturated heterocycles. The van der Waals surface area contributed by atoms with Gasteiger partial charge in [0.1, 0.15) is 6.33 Å². The molecule has 3 rings (SSSR count). The number of nitrogens with one attached hydrogen (secondary N) is 2. The van der Waals surface area contributed by atoms with E-state index in [2.05, 4.69) is 20.7 Å². The summed E-state index contributed by atoms with van der Waals surface area (Å²) >= 11 is 11.1. The molecular formula is C13H14ClN5S. The first-order valence-corrected chi connectivity index (χ1v) is 7.19. The first kappa shape index (κ1) is 13.3. The van der Waals surface area contributed by atoms with E-state index < -0.39 is 0 Å². The van der Waals surface area contributed by atoms with Crippen LogP contribution in [0.15, 0.2) is 30.6 Å². The molecule has 1 heterocycles. The number of halogens is 1. The summed E-state index contributed by atoms with van der Waals surface area (Å²) in [6, 6.07) is 8.20. The Labute approximate surface area is 127 Å². The summed E-state index contributed by atoms with van der Waals surface area (Å²) in [5, 5.41) is 11.8. The number of anilines is 1. The van der Waals surface area contributed by atoms with E-state index in [1.54, 1.807) is 11.0 Å². The van der Waals surface area contributed by atoms with E-state index >= 15 is 0 Å². The molecule has 1 fully saturated rings. The molecule has 0 amide bonds. The zero-order chi connectivity index (χ0) is 13.9. The minimum Gasteiger partial charge on any atom is -0.360 e. The Hall–Kier alpha value is -1.66. The fourth-order valence-electron chi connectivity index (χ4n) is 1.80. The van der Waals surface area contributed by atoms with Crippen molar-refractivity contribution >= 4 is 34.9 Å². The molecule has 0 spiro atoms. The largest absolute Gasteiger partial charge is 0.360 e. The van der Waals surface area contributed by atoms with E-state index in [0.717, 1.165) is 10.6 Å². The molecule has 2 aromatic rings. The van der Waals surface area contributed by atoms with Crippen molar-refractivity contribution in [3.8, 4) is 0 Å². The molecule has 20 heavy (non-hydrogen) atoms. The van der Waals surface area contributed by atoms with Gasteiger partial charge in [-0.15, -0.1) is 5.10 Å². The van der Waals surface area contributed by atoms with Gasteiger partial charge in [-0.1, -0.05) is 23.7 Å². The summed E-state index contributed by atoms with van der Waals surface area (Å²) in [5.41, 5.74) is 1.08. The molecule has 1 saturated carbocycles. The van der Waals surface area contributed by atoms with Gasteiger partial charge in [0, 0.05) is 11.1 Å². The lowest BCUT2D eigenvalue weighted by molar-refractivity contribution is 0.687. The van der Waals surface area contributed by atoms with Crippen LogP contribution in [0.3, 0.4) is 0 Å². The second kappa shape index (κ2) is 5.76. The second-order valence-corrected chi connectivity index (χ2v) is 5.61. The van der Waals surface area contributed by atoms with Gasteiger partial charge < -0.3 is 5.32 Å².